The molecule has 0 amide bonds. The van der Waals surface area contributed by atoms with Gasteiger partial charge in [0.1, 0.15) is 23.3 Å². The van der Waals surface area contributed by atoms with Crippen molar-refractivity contribution in [3.8, 4) is 24.0 Å². The standard InChI is InChI=1S/C19H10N2O2/c20-11-13(12-21)7-17-9-16-8-14-5-3-1-2-4-6-15(14)10-18(16)23-19(17)22/h1-2,7-10H,3,5H2/b2-1-. The number of benzene rings is 1. The van der Waals surface area contributed by atoms with Crippen molar-refractivity contribution >= 4 is 17.0 Å². The molecule has 0 bridgehead atoms. The Morgan fingerprint density at radius 3 is 2.87 bits per heavy atom. The Morgan fingerprint density at radius 2 is 2.09 bits per heavy atom. The zero-order chi connectivity index (χ0) is 16.2. The molecule has 108 valence electrons. The Kier molecular flexibility index (Phi) is 3.79. The lowest BCUT2D eigenvalue weighted by Gasteiger charge is -2.07. The maximum Gasteiger partial charge on any atom is 0.343 e. The normalized spacial score (nSPS) is 13.3. The van der Waals surface area contributed by atoms with E-state index in [0.29, 0.717) is 5.58 Å². The van der Waals surface area contributed by atoms with Gasteiger partial charge in [0.2, 0.25) is 0 Å². The van der Waals surface area contributed by atoms with Crippen LogP contribution in [0.1, 0.15) is 23.1 Å². The Hall–Kier alpha value is -3.55. The van der Waals surface area contributed by atoms with Gasteiger partial charge in [-0.1, -0.05) is 17.9 Å². The van der Waals surface area contributed by atoms with Gasteiger partial charge in [0.05, 0.1) is 5.56 Å². The minimum atomic E-state index is -0.584. The van der Waals surface area contributed by atoms with E-state index in [-0.39, 0.29) is 11.1 Å². The zero-order valence-electron chi connectivity index (χ0n) is 12.1. The molecule has 0 saturated carbocycles. The number of rotatable bonds is 1. The first kappa shape index (κ1) is 14.4. The fourth-order valence-electron chi connectivity index (χ4n) is 2.40. The van der Waals surface area contributed by atoms with Crippen LogP contribution in [0.2, 0.25) is 0 Å². The van der Waals surface area contributed by atoms with E-state index in [1.807, 2.05) is 18.2 Å². The molecule has 0 saturated heterocycles. The Labute approximate surface area is 132 Å². The van der Waals surface area contributed by atoms with Gasteiger partial charge in [-0.15, -0.1) is 0 Å². The molecule has 1 aliphatic carbocycles. The number of aryl methyl sites for hydroxylation is 1. The highest BCUT2D eigenvalue weighted by Gasteiger charge is 2.09. The van der Waals surface area contributed by atoms with Crippen LogP contribution < -0.4 is 5.63 Å². The highest BCUT2D eigenvalue weighted by Crippen LogP contribution is 2.22. The highest BCUT2D eigenvalue weighted by atomic mass is 16.4. The largest absolute Gasteiger partial charge is 0.422 e. The van der Waals surface area contributed by atoms with Crippen molar-refractivity contribution in [2.75, 3.05) is 0 Å². The SMILES string of the molecule is N#CC(C#N)=Cc1cc2cc3c(cc2oc1=O)C#C/C=C\CC3. The van der Waals surface area contributed by atoms with Gasteiger partial charge >= 0.3 is 5.63 Å². The molecule has 0 aliphatic heterocycles. The van der Waals surface area contributed by atoms with E-state index in [2.05, 4.69) is 11.8 Å². The van der Waals surface area contributed by atoms with E-state index in [0.717, 1.165) is 29.4 Å². The number of nitriles is 2. The third kappa shape index (κ3) is 2.91. The van der Waals surface area contributed by atoms with Gasteiger partial charge in [0, 0.05) is 10.9 Å². The topological polar surface area (TPSA) is 77.8 Å². The summed E-state index contributed by atoms with van der Waals surface area (Å²) in [7, 11) is 0. The predicted molar refractivity (Wildman–Crippen MR) is 86.0 cm³/mol. The number of hydrogen-bond acceptors (Lipinski definition) is 4. The molecule has 0 atom stereocenters. The molecule has 3 rings (SSSR count). The first-order chi connectivity index (χ1) is 11.2. The molecule has 4 heteroatoms. The second kappa shape index (κ2) is 6.06. The molecule has 0 spiro atoms. The quantitative estimate of drug-likeness (QED) is 0.460. The summed E-state index contributed by atoms with van der Waals surface area (Å²) in [5.41, 5.74) is 1.84. The molecular weight excluding hydrogens is 288 g/mol. The summed E-state index contributed by atoms with van der Waals surface area (Å²) in [4.78, 5) is 12.0. The van der Waals surface area contributed by atoms with Crippen LogP contribution in [0.5, 0.6) is 0 Å². The molecule has 23 heavy (non-hydrogen) atoms. The lowest BCUT2D eigenvalue weighted by Crippen LogP contribution is -2.04. The molecule has 0 fully saturated rings. The first-order valence-corrected chi connectivity index (χ1v) is 7.00. The Balaban J connectivity index is 2.22. The van der Waals surface area contributed by atoms with Gasteiger partial charge in [-0.3, -0.25) is 0 Å². The van der Waals surface area contributed by atoms with Crippen LogP contribution in [-0.4, -0.2) is 0 Å². The summed E-state index contributed by atoms with van der Waals surface area (Å²) in [6.07, 6.45) is 6.82. The highest BCUT2D eigenvalue weighted by molar-refractivity contribution is 5.82. The first-order valence-electron chi connectivity index (χ1n) is 7.00. The average molecular weight is 298 g/mol. The summed E-state index contributed by atoms with van der Waals surface area (Å²) >= 11 is 0. The molecule has 2 aromatic rings. The molecule has 1 heterocycles. The average Bonchev–Trinajstić information content (AvgIpc) is 2.53. The van der Waals surface area contributed by atoms with E-state index >= 15 is 0 Å². The van der Waals surface area contributed by atoms with Crippen LogP contribution >= 0.6 is 0 Å². The number of fused-ring (bicyclic) bond motifs is 2. The molecule has 0 unspecified atom stereocenters. The monoisotopic (exact) mass is 298 g/mol. The van der Waals surface area contributed by atoms with Gasteiger partial charge in [0.25, 0.3) is 0 Å². The fourth-order valence-corrected chi connectivity index (χ4v) is 2.40. The van der Waals surface area contributed by atoms with Crippen molar-refractivity contribution < 1.29 is 4.42 Å². The van der Waals surface area contributed by atoms with Crippen molar-refractivity contribution in [2.45, 2.75) is 12.8 Å². The van der Waals surface area contributed by atoms with E-state index < -0.39 is 5.63 Å². The molecule has 0 N–H and O–H groups in total. The van der Waals surface area contributed by atoms with Gasteiger partial charge in [-0.05, 0) is 48.8 Å². The zero-order valence-corrected chi connectivity index (χ0v) is 12.1. The number of hydrogen-bond donors (Lipinski definition) is 0. The fraction of sp³-hybridized carbons (Fsp3) is 0.105. The third-order valence-corrected chi connectivity index (χ3v) is 3.51. The van der Waals surface area contributed by atoms with Crippen LogP contribution in [0, 0.1) is 34.5 Å². The van der Waals surface area contributed by atoms with Crippen molar-refractivity contribution in [1.29, 1.82) is 10.5 Å². The minimum Gasteiger partial charge on any atom is -0.422 e. The Morgan fingerprint density at radius 1 is 1.26 bits per heavy atom. The van der Waals surface area contributed by atoms with Gasteiger partial charge in [0.15, 0.2) is 0 Å². The molecule has 1 aliphatic rings. The van der Waals surface area contributed by atoms with E-state index in [1.165, 1.54) is 6.08 Å². The van der Waals surface area contributed by atoms with Crippen molar-refractivity contribution in [3.63, 3.8) is 0 Å². The second-order valence-electron chi connectivity index (χ2n) is 5.03. The van der Waals surface area contributed by atoms with Crippen molar-refractivity contribution in [2.24, 2.45) is 0 Å². The smallest absolute Gasteiger partial charge is 0.343 e. The minimum absolute atomic E-state index is 0.140. The van der Waals surface area contributed by atoms with Gasteiger partial charge in [-0.2, -0.15) is 10.5 Å². The Bertz CT molecular complexity index is 1050. The van der Waals surface area contributed by atoms with E-state index in [4.69, 9.17) is 14.9 Å². The van der Waals surface area contributed by atoms with Crippen LogP contribution in [0.4, 0.5) is 0 Å². The summed E-state index contributed by atoms with van der Waals surface area (Å²) in [6.45, 7) is 0. The van der Waals surface area contributed by atoms with Crippen LogP contribution in [0.25, 0.3) is 17.0 Å². The molecule has 0 radical (unpaired) electrons. The van der Waals surface area contributed by atoms with Crippen molar-refractivity contribution in [3.05, 3.63) is 63.0 Å². The molecule has 1 aromatic carbocycles. The van der Waals surface area contributed by atoms with Crippen LogP contribution in [0.3, 0.4) is 0 Å². The second-order valence-corrected chi connectivity index (χ2v) is 5.03. The van der Waals surface area contributed by atoms with Gasteiger partial charge < -0.3 is 4.42 Å². The third-order valence-electron chi connectivity index (χ3n) is 3.51. The van der Waals surface area contributed by atoms with E-state index in [9.17, 15) is 4.79 Å². The maximum atomic E-state index is 12.0. The maximum absolute atomic E-state index is 12.0. The summed E-state index contributed by atoms with van der Waals surface area (Å²) in [5, 5.41) is 18.4. The summed E-state index contributed by atoms with van der Waals surface area (Å²) in [5.74, 6) is 5.99. The number of nitrogens with zero attached hydrogens (tertiary/aromatic N) is 2. The predicted octanol–water partition coefficient (Wildman–Crippen LogP) is 3.08. The van der Waals surface area contributed by atoms with Crippen LogP contribution in [-0.2, 0) is 6.42 Å². The lowest BCUT2D eigenvalue weighted by molar-refractivity contribution is 0.559. The van der Waals surface area contributed by atoms with Crippen LogP contribution in [0.15, 0.2) is 45.1 Å². The van der Waals surface area contributed by atoms with Crippen molar-refractivity contribution in [1.82, 2.24) is 0 Å². The summed E-state index contributed by atoms with van der Waals surface area (Å²) < 4.78 is 5.32. The van der Waals surface area contributed by atoms with E-state index in [1.54, 1.807) is 24.3 Å². The molecule has 1 aromatic heterocycles. The lowest BCUT2D eigenvalue weighted by atomic mass is 9.98. The molecule has 4 nitrogen and oxygen atoms in total. The van der Waals surface area contributed by atoms with Gasteiger partial charge in [-0.25, -0.2) is 4.79 Å². The number of allylic oxidation sites excluding steroid dienone is 3. The molecular formula is C19H10N2O2. The summed E-state index contributed by atoms with van der Waals surface area (Å²) in [6, 6.07) is 8.81.